The van der Waals surface area contributed by atoms with Crippen LogP contribution in [-0.4, -0.2) is 16.9 Å². The smallest absolute Gasteiger partial charge is 0.161 e. The van der Waals surface area contributed by atoms with Crippen molar-refractivity contribution < 1.29 is 4.74 Å². The van der Waals surface area contributed by atoms with Crippen molar-refractivity contribution in [2.45, 2.75) is 57.9 Å². The number of rotatable bonds is 9. The molecule has 0 aliphatic rings. The molecule has 0 radical (unpaired) electrons. The summed E-state index contributed by atoms with van der Waals surface area (Å²) in [5, 5.41) is 4.19. The van der Waals surface area contributed by atoms with Crippen LogP contribution in [-0.2, 0) is 7.05 Å². The lowest BCUT2D eigenvalue weighted by atomic mass is 10.0. The molecule has 1 unspecified atom stereocenters. The summed E-state index contributed by atoms with van der Waals surface area (Å²) in [6, 6.07) is 0.0265. The SMILES string of the molecule is CCCCCCCCC(N)c1c(OC)cnn1C. The summed E-state index contributed by atoms with van der Waals surface area (Å²) in [7, 11) is 3.58. The molecule has 1 aromatic heterocycles. The van der Waals surface area contributed by atoms with Gasteiger partial charge in [0.05, 0.1) is 25.0 Å². The van der Waals surface area contributed by atoms with E-state index in [0.29, 0.717) is 0 Å². The van der Waals surface area contributed by atoms with E-state index in [9.17, 15) is 0 Å². The second kappa shape index (κ2) is 8.14. The van der Waals surface area contributed by atoms with Gasteiger partial charge in [-0.1, -0.05) is 45.4 Å². The van der Waals surface area contributed by atoms with Gasteiger partial charge in [-0.3, -0.25) is 4.68 Å². The highest BCUT2D eigenvalue weighted by Crippen LogP contribution is 2.26. The highest BCUT2D eigenvalue weighted by Gasteiger charge is 2.16. The Kier molecular flexibility index (Phi) is 6.80. The minimum absolute atomic E-state index is 0.0265. The molecule has 0 bridgehead atoms. The second-order valence-electron chi connectivity index (χ2n) is 4.88. The van der Waals surface area contributed by atoms with Crippen molar-refractivity contribution in [3.63, 3.8) is 0 Å². The van der Waals surface area contributed by atoms with Gasteiger partial charge in [0.25, 0.3) is 0 Å². The van der Waals surface area contributed by atoms with E-state index in [1.807, 2.05) is 11.7 Å². The first kappa shape index (κ1) is 15.0. The quantitative estimate of drug-likeness (QED) is 0.688. The topological polar surface area (TPSA) is 53.1 Å². The molecule has 0 spiro atoms. The largest absolute Gasteiger partial charge is 0.493 e. The van der Waals surface area contributed by atoms with Crippen molar-refractivity contribution in [3.05, 3.63) is 11.9 Å². The Morgan fingerprint density at radius 2 is 1.94 bits per heavy atom. The van der Waals surface area contributed by atoms with Gasteiger partial charge in [-0.15, -0.1) is 0 Å². The van der Waals surface area contributed by atoms with E-state index in [4.69, 9.17) is 10.5 Å². The zero-order chi connectivity index (χ0) is 13.4. The van der Waals surface area contributed by atoms with E-state index < -0.39 is 0 Å². The number of ether oxygens (including phenoxy) is 1. The summed E-state index contributed by atoms with van der Waals surface area (Å²) in [6.45, 7) is 2.24. The van der Waals surface area contributed by atoms with Gasteiger partial charge in [0, 0.05) is 7.05 Å². The average Bonchev–Trinajstić information content (AvgIpc) is 2.74. The minimum atomic E-state index is 0.0265. The highest BCUT2D eigenvalue weighted by atomic mass is 16.5. The maximum absolute atomic E-state index is 6.22. The monoisotopic (exact) mass is 253 g/mol. The number of nitrogens with two attached hydrogens (primary N) is 1. The van der Waals surface area contributed by atoms with Crippen LogP contribution in [0.4, 0.5) is 0 Å². The average molecular weight is 253 g/mol. The van der Waals surface area contributed by atoms with E-state index in [0.717, 1.165) is 17.9 Å². The molecule has 104 valence electrons. The third kappa shape index (κ3) is 4.33. The Hall–Kier alpha value is -1.03. The van der Waals surface area contributed by atoms with Gasteiger partial charge in [-0.25, -0.2) is 0 Å². The number of aryl methyl sites for hydroxylation is 1. The van der Waals surface area contributed by atoms with Crippen molar-refractivity contribution >= 4 is 0 Å². The first-order valence-electron chi connectivity index (χ1n) is 7.02. The van der Waals surface area contributed by atoms with Gasteiger partial charge < -0.3 is 10.5 Å². The summed E-state index contributed by atoms with van der Waals surface area (Å²) in [6.07, 6.45) is 10.5. The van der Waals surface area contributed by atoms with Crippen molar-refractivity contribution in [1.82, 2.24) is 9.78 Å². The van der Waals surface area contributed by atoms with Crippen LogP contribution >= 0.6 is 0 Å². The van der Waals surface area contributed by atoms with Crippen molar-refractivity contribution in [3.8, 4) is 5.75 Å². The molecule has 1 aromatic rings. The fraction of sp³-hybridized carbons (Fsp3) is 0.786. The fourth-order valence-electron chi connectivity index (χ4n) is 2.29. The summed E-state index contributed by atoms with van der Waals surface area (Å²) < 4.78 is 7.10. The maximum atomic E-state index is 6.22. The zero-order valence-electron chi connectivity index (χ0n) is 12.0. The van der Waals surface area contributed by atoms with Crippen LogP contribution < -0.4 is 10.5 Å². The molecule has 1 rings (SSSR count). The van der Waals surface area contributed by atoms with Crippen LogP contribution in [0.1, 0.15) is 63.6 Å². The van der Waals surface area contributed by atoms with E-state index >= 15 is 0 Å². The van der Waals surface area contributed by atoms with Crippen LogP contribution in [0, 0.1) is 0 Å². The standard InChI is InChI=1S/C14H27N3O/c1-4-5-6-7-8-9-10-12(15)14-13(18-3)11-16-17(14)2/h11-12H,4-10,15H2,1-3H3. The van der Waals surface area contributed by atoms with Crippen LogP contribution in [0.2, 0.25) is 0 Å². The lowest BCUT2D eigenvalue weighted by Gasteiger charge is -2.13. The van der Waals surface area contributed by atoms with E-state index in [1.54, 1.807) is 13.3 Å². The predicted octanol–water partition coefficient (Wildman–Crippen LogP) is 3.18. The fourth-order valence-corrected chi connectivity index (χ4v) is 2.29. The van der Waals surface area contributed by atoms with Crippen LogP contribution in [0.15, 0.2) is 6.20 Å². The molecule has 0 saturated heterocycles. The van der Waals surface area contributed by atoms with Crippen molar-refractivity contribution in [1.29, 1.82) is 0 Å². The number of nitrogens with zero attached hydrogens (tertiary/aromatic N) is 2. The highest BCUT2D eigenvalue weighted by molar-refractivity contribution is 5.27. The van der Waals surface area contributed by atoms with Crippen molar-refractivity contribution in [2.24, 2.45) is 12.8 Å². The third-order valence-corrected chi connectivity index (χ3v) is 3.39. The zero-order valence-corrected chi connectivity index (χ0v) is 12.0. The molecule has 18 heavy (non-hydrogen) atoms. The van der Waals surface area contributed by atoms with Crippen molar-refractivity contribution in [2.75, 3.05) is 7.11 Å². The number of unbranched alkanes of at least 4 members (excludes halogenated alkanes) is 5. The summed E-state index contributed by atoms with van der Waals surface area (Å²) in [5.74, 6) is 0.802. The number of methoxy groups -OCH3 is 1. The second-order valence-corrected chi connectivity index (χ2v) is 4.88. The summed E-state index contributed by atoms with van der Waals surface area (Å²) in [5.41, 5.74) is 7.22. The molecule has 0 aliphatic carbocycles. The van der Waals surface area contributed by atoms with Gasteiger partial charge in [0.1, 0.15) is 0 Å². The molecular weight excluding hydrogens is 226 g/mol. The van der Waals surface area contributed by atoms with E-state index in [2.05, 4.69) is 12.0 Å². The van der Waals surface area contributed by atoms with E-state index in [-0.39, 0.29) is 6.04 Å². The molecule has 0 aliphatic heterocycles. The van der Waals surface area contributed by atoms with Gasteiger partial charge in [-0.2, -0.15) is 5.10 Å². The summed E-state index contributed by atoms with van der Waals surface area (Å²) >= 11 is 0. The Balaban J connectivity index is 2.31. The van der Waals surface area contributed by atoms with Crippen LogP contribution in [0.25, 0.3) is 0 Å². The first-order valence-corrected chi connectivity index (χ1v) is 7.02. The lowest BCUT2D eigenvalue weighted by molar-refractivity contribution is 0.399. The molecule has 0 amide bonds. The first-order chi connectivity index (χ1) is 8.70. The Bertz CT molecular complexity index is 336. The van der Waals surface area contributed by atoms with Crippen LogP contribution in [0.3, 0.4) is 0 Å². The number of aromatic nitrogens is 2. The normalized spacial score (nSPS) is 12.7. The molecule has 4 nitrogen and oxygen atoms in total. The van der Waals surface area contributed by atoms with Gasteiger partial charge >= 0.3 is 0 Å². The minimum Gasteiger partial charge on any atom is -0.493 e. The molecule has 2 N–H and O–H groups in total. The van der Waals surface area contributed by atoms with E-state index in [1.165, 1.54) is 38.5 Å². The molecule has 0 aromatic carbocycles. The molecular formula is C14H27N3O. The Labute approximate surface area is 111 Å². The molecule has 0 saturated carbocycles. The Morgan fingerprint density at radius 3 is 2.61 bits per heavy atom. The number of hydrogen-bond donors (Lipinski definition) is 1. The number of hydrogen-bond acceptors (Lipinski definition) is 3. The Morgan fingerprint density at radius 1 is 1.28 bits per heavy atom. The maximum Gasteiger partial charge on any atom is 0.161 e. The molecule has 1 atom stereocenters. The predicted molar refractivity (Wildman–Crippen MR) is 74.7 cm³/mol. The molecule has 1 heterocycles. The third-order valence-electron chi connectivity index (χ3n) is 3.39. The summed E-state index contributed by atoms with van der Waals surface area (Å²) in [4.78, 5) is 0. The molecule has 4 heteroatoms. The lowest BCUT2D eigenvalue weighted by Crippen LogP contribution is -2.15. The molecule has 0 fully saturated rings. The van der Waals surface area contributed by atoms with Crippen LogP contribution in [0.5, 0.6) is 5.75 Å². The van der Waals surface area contributed by atoms with Gasteiger partial charge in [-0.05, 0) is 6.42 Å². The van der Waals surface area contributed by atoms with Gasteiger partial charge in [0.15, 0.2) is 5.75 Å². The van der Waals surface area contributed by atoms with Gasteiger partial charge in [0.2, 0.25) is 0 Å².